The quantitative estimate of drug-likeness (QED) is 0.701. The fourth-order valence-corrected chi connectivity index (χ4v) is 2.69. The summed E-state index contributed by atoms with van der Waals surface area (Å²) in [5.41, 5.74) is 5.40. The Bertz CT molecular complexity index is 789. The summed E-state index contributed by atoms with van der Waals surface area (Å²) in [6.07, 6.45) is -4.41. The summed E-state index contributed by atoms with van der Waals surface area (Å²) >= 11 is 1.22. The zero-order chi connectivity index (χ0) is 14.5. The van der Waals surface area contributed by atoms with E-state index in [9.17, 15) is 13.2 Å². The van der Waals surface area contributed by atoms with Crippen LogP contribution in [0, 0.1) is 6.92 Å². The molecule has 3 rings (SSSR count). The van der Waals surface area contributed by atoms with Gasteiger partial charge in [-0.3, -0.25) is 0 Å². The van der Waals surface area contributed by atoms with Crippen LogP contribution in [0.2, 0.25) is 0 Å². The van der Waals surface area contributed by atoms with Crippen LogP contribution in [0.5, 0.6) is 0 Å². The van der Waals surface area contributed by atoms with Crippen LogP contribution >= 0.6 is 11.3 Å². The summed E-state index contributed by atoms with van der Waals surface area (Å²) in [5.74, 6) is 0.605. The Balaban J connectivity index is 2.10. The number of hydrogen-bond acceptors (Lipinski definition) is 5. The molecule has 0 saturated heterocycles. The third-order valence-electron chi connectivity index (χ3n) is 2.76. The van der Waals surface area contributed by atoms with Crippen LogP contribution in [0.1, 0.15) is 11.4 Å². The Morgan fingerprint density at radius 1 is 1.25 bits per heavy atom. The topological polar surface area (TPSA) is 69.1 Å². The Morgan fingerprint density at radius 3 is 2.60 bits per heavy atom. The number of aromatic nitrogens is 4. The molecule has 0 aliphatic rings. The number of anilines is 1. The molecule has 2 heterocycles. The van der Waals surface area contributed by atoms with Crippen molar-refractivity contribution < 1.29 is 13.2 Å². The number of alkyl halides is 3. The van der Waals surface area contributed by atoms with Crippen LogP contribution in [-0.2, 0) is 6.18 Å². The van der Waals surface area contributed by atoms with Gasteiger partial charge >= 0.3 is 6.18 Å². The first kappa shape index (κ1) is 12.9. The summed E-state index contributed by atoms with van der Waals surface area (Å²) in [7, 11) is 0. The fourth-order valence-electron chi connectivity index (χ4n) is 1.76. The van der Waals surface area contributed by atoms with Crippen molar-refractivity contribution in [3.05, 3.63) is 29.6 Å². The van der Waals surface area contributed by atoms with E-state index in [1.54, 1.807) is 6.92 Å². The van der Waals surface area contributed by atoms with Gasteiger partial charge in [0, 0.05) is 11.3 Å². The smallest absolute Gasteiger partial charge is 0.398 e. The Kier molecular flexibility index (Phi) is 2.68. The number of hydrogen-bond donors (Lipinski definition) is 1. The molecule has 9 heteroatoms. The van der Waals surface area contributed by atoms with Gasteiger partial charge in [0.25, 0.3) is 0 Å². The molecule has 20 heavy (non-hydrogen) atoms. The van der Waals surface area contributed by atoms with E-state index in [4.69, 9.17) is 5.73 Å². The van der Waals surface area contributed by atoms with E-state index >= 15 is 0 Å². The molecule has 2 N–H and O–H groups in total. The lowest BCUT2D eigenvalue weighted by Crippen LogP contribution is -2.06. The maximum absolute atomic E-state index is 12.6. The summed E-state index contributed by atoms with van der Waals surface area (Å²) in [4.78, 5) is 0.566. The normalized spacial score (nSPS) is 12.2. The molecule has 0 bridgehead atoms. The van der Waals surface area contributed by atoms with Gasteiger partial charge in [0.1, 0.15) is 5.01 Å². The van der Waals surface area contributed by atoms with Gasteiger partial charge in [0.15, 0.2) is 5.82 Å². The summed E-state index contributed by atoms with van der Waals surface area (Å²) < 4.78 is 39.3. The van der Waals surface area contributed by atoms with Crippen LogP contribution in [0.4, 0.5) is 18.9 Å². The maximum atomic E-state index is 12.6. The minimum Gasteiger partial charge on any atom is -0.398 e. The molecule has 0 fully saturated rings. The maximum Gasteiger partial charge on any atom is 0.416 e. The third-order valence-corrected chi connectivity index (χ3v) is 3.69. The molecule has 0 amide bonds. The van der Waals surface area contributed by atoms with Gasteiger partial charge < -0.3 is 5.73 Å². The molecule has 104 valence electrons. The largest absolute Gasteiger partial charge is 0.416 e. The molecular formula is C11H8F3N5S. The second kappa shape index (κ2) is 4.17. The van der Waals surface area contributed by atoms with Crippen LogP contribution < -0.4 is 5.73 Å². The molecule has 5 nitrogen and oxygen atoms in total. The van der Waals surface area contributed by atoms with Gasteiger partial charge in [-0.25, -0.2) is 0 Å². The predicted molar refractivity (Wildman–Crippen MR) is 68.2 cm³/mol. The lowest BCUT2D eigenvalue weighted by atomic mass is 10.1. The van der Waals surface area contributed by atoms with Gasteiger partial charge in [-0.1, -0.05) is 11.3 Å². The predicted octanol–water partition coefficient (Wildman–Crippen LogP) is 2.76. The van der Waals surface area contributed by atoms with Crippen molar-refractivity contribution >= 4 is 22.0 Å². The van der Waals surface area contributed by atoms with Crippen molar-refractivity contribution in [1.29, 1.82) is 0 Å². The Hall–Kier alpha value is -2.16. The van der Waals surface area contributed by atoms with Gasteiger partial charge in [-0.2, -0.15) is 22.8 Å². The van der Waals surface area contributed by atoms with Crippen LogP contribution in [0.25, 0.3) is 15.5 Å². The average Bonchev–Trinajstić information content (AvgIpc) is 2.91. The SMILES string of the molecule is Cc1nnc2sc(-c3ccc(C(F)(F)F)cc3N)nn12. The molecule has 1 aromatic carbocycles. The van der Waals surface area contributed by atoms with Crippen molar-refractivity contribution in [3.63, 3.8) is 0 Å². The number of nitrogen functional groups attached to an aromatic ring is 1. The van der Waals surface area contributed by atoms with Gasteiger partial charge in [-0.15, -0.1) is 10.2 Å². The van der Waals surface area contributed by atoms with E-state index < -0.39 is 11.7 Å². The number of benzene rings is 1. The highest BCUT2D eigenvalue weighted by molar-refractivity contribution is 7.19. The first-order chi connectivity index (χ1) is 9.36. The molecule has 0 radical (unpaired) electrons. The van der Waals surface area contributed by atoms with Gasteiger partial charge in [0.2, 0.25) is 4.96 Å². The van der Waals surface area contributed by atoms with Crippen molar-refractivity contribution in [1.82, 2.24) is 19.8 Å². The van der Waals surface area contributed by atoms with Crippen molar-refractivity contribution in [2.45, 2.75) is 13.1 Å². The molecular weight excluding hydrogens is 291 g/mol. The minimum absolute atomic E-state index is 0.0300. The first-order valence-electron chi connectivity index (χ1n) is 5.52. The van der Waals surface area contributed by atoms with Gasteiger partial charge in [0.05, 0.1) is 5.56 Å². The second-order valence-corrected chi connectivity index (χ2v) is 5.10. The molecule has 0 aliphatic carbocycles. The third kappa shape index (κ3) is 1.99. The van der Waals surface area contributed by atoms with Crippen molar-refractivity contribution in [2.75, 3.05) is 5.73 Å². The van der Waals surface area contributed by atoms with E-state index in [1.807, 2.05) is 0 Å². The molecule has 0 atom stereocenters. The Morgan fingerprint density at radius 2 is 2.00 bits per heavy atom. The van der Waals surface area contributed by atoms with E-state index in [2.05, 4.69) is 15.3 Å². The number of nitrogens with two attached hydrogens (primary N) is 1. The highest BCUT2D eigenvalue weighted by Crippen LogP contribution is 2.35. The van der Waals surface area contributed by atoms with E-state index in [-0.39, 0.29) is 5.69 Å². The fraction of sp³-hybridized carbons (Fsp3) is 0.182. The zero-order valence-corrected chi connectivity index (χ0v) is 11.0. The number of fused-ring (bicyclic) bond motifs is 1. The van der Waals surface area contributed by atoms with E-state index in [1.165, 1.54) is 21.9 Å². The molecule has 0 saturated carbocycles. The number of halogens is 3. The summed E-state index contributed by atoms with van der Waals surface area (Å²) in [5, 5.41) is 12.5. The standard InChI is InChI=1S/C11H8F3N5S/c1-5-16-17-10-19(5)18-9(20-10)7-3-2-6(4-8(7)15)11(12,13)14/h2-4H,15H2,1H3. The second-order valence-electron chi connectivity index (χ2n) is 4.15. The highest BCUT2D eigenvalue weighted by atomic mass is 32.1. The van der Waals surface area contributed by atoms with Crippen LogP contribution in [-0.4, -0.2) is 19.8 Å². The molecule has 0 spiro atoms. The molecule has 3 aromatic rings. The van der Waals surface area contributed by atoms with Gasteiger partial charge in [-0.05, 0) is 25.1 Å². The summed E-state index contributed by atoms with van der Waals surface area (Å²) in [6.45, 7) is 1.74. The Labute approximate surface area is 114 Å². The highest BCUT2D eigenvalue weighted by Gasteiger charge is 2.31. The van der Waals surface area contributed by atoms with Crippen molar-refractivity contribution in [2.24, 2.45) is 0 Å². The van der Waals surface area contributed by atoms with Crippen LogP contribution in [0.15, 0.2) is 18.2 Å². The first-order valence-corrected chi connectivity index (χ1v) is 6.34. The zero-order valence-electron chi connectivity index (χ0n) is 10.1. The lowest BCUT2D eigenvalue weighted by molar-refractivity contribution is -0.137. The number of aryl methyl sites for hydroxylation is 1. The molecule has 2 aromatic heterocycles. The van der Waals surface area contributed by atoms with E-state index in [0.717, 1.165) is 12.1 Å². The minimum atomic E-state index is -4.41. The van der Waals surface area contributed by atoms with Crippen LogP contribution in [0.3, 0.4) is 0 Å². The molecule has 0 unspecified atom stereocenters. The monoisotopic (exact) mass is 299 g/mol. The number of rotatable bonds is 1. The lowest BCUT2D eigenvalue weighted by Gasteiger charge is -2.09. The van der Waals surface area contributed by atoms with E-state index in [0.29, 0.717) is 21.4 Å². The average molecular weight is 299 g/mol. The van der Waals surface area contributed by atoms with Crippen molar-refractivity contribution in [3.8, 4) is 10.6 Å². The molecule has 0 aliphatic heterocycles. The number of nitrogens with zero attached hydrogens (tertiary/aromatic N) is 4. The summed E-state index contributed by atoms with van der Waals surface area (Å²) in [6, 6.07) is 3.21.